The predicted molar refractivity (Wildman–Crippen MR) is 95.4 cm³/mol. The van der Waals surface area contributed by atoms with Gasteiger partial charge in [-0.15, -0.1) is 0 Å². The fraction of sp³-hybridized carbons (Fsp3) is 0.650. The van der Waals surface area contributed by atoms with Gasteiger partial charge in [-0.25, -0.2) is 0 Å². The van der Waals surface area contributed by atoms with Crippen molar-refractivity contribution in [3.63, 3.8) is 0 Å². The van der Waals surface area contributed by atoms with Crippen molar-refractivity contribution < 1.29 is 14.3 Å². The molecule has 4 heteroatoms. The second kappa shape index (κ2) is 7.14. The average molecular weight is 331 g/mol. The van der Waals surface area contributed by atoms with Crippen LogP contribution >= 0.6 is 0 Å². The molecule has 1 N–H and O–H groups in total. The van der Waals surface area contributed by atoms with Gasteiger partial charge in [-0.2, -0.15) is 0 Å². The molecule has 1 aromatic carbocycles. The van der Waals surface area contributed by atoms with Crippen LogP contribution in [-0.2, 0) is 9.53 Å². The molecule has 0 unspecified atom stereocenters. The first-order valence-electron chi connectivity index (χ1n) is 9.25. The molecule has 2 aliphatic rings. The third kappa shape index (κ3) is 3.75. The Morgan fingerprint density at radius 3 is 2.54 bits per heavy atom. The van der Waals surface area contributed by atoms with Gasteiger partial charge in [-0.1, -0.05) is 0 Å². The lowest BCUT2D eigenvalue weighted by Crippen LogP contribution is -2.44. The second-order valence-electron chi connectivity index (χ2n) is 7.27. The molecular weight excluding hydrogens is 302 g/mol. The van der Waals surface area contributed by atoms with Crippen LogP contribution in [-0.4, -0.2) is 24.2 Å². The van der Waals surface area contributed by atoms with Gasteiger partial charge in [0.25, 0.3) is 5.91 Å². The number of hydrogen-bond donors (Lipinski definition) is 1. The average Bonchev–Trinajstić information content (AvgIpc) is 3.29. The highest BCUT2D eigenvalue weighted by atomic mass is 16.5. The summed E-state index contributed by atoms with van der Waals surface area (Å²) in [7, 11) is 0. The standard InChI is InChI=1S/C20H29NO3/c1-4-23-20(3,15-9-10-15)19(22)21-16-11-12-18(14(2)13-16)24-17-7-5-6-8-17/h11-13,15,17H,4-10H2,1-3H3,(H,21,22)/t20-/m1/s1. The number of benzene rings is 1. The number of carbonyl (C=O) groups excluding carboxylic acids is 1. The van der Waals surface area contributed by atoms with E-state index in [1.54, 1.807) is 0 Å². The summed E-state index contributed by atoms with van der Waals surface area (Å²) in [4.78, 5) is 12.7. The number of anilines is 1. The maximum Gasteiger partial charge on any atom is 0.256 e. The molecule has 0 radical (unpaired) electrons. The van der Waals surface area contributed by atoms with E-state index < -0.39 is 5.60 Å². The van der Waals surface area contributed by atoms with Gasteiger partial charge >= 0.3 is 0 Å². The highest BCUT2D eigenvalue weighted by Gasteiger charge is 2.48. The van der Waals surface area contributed by atoms with Gasteiger partial charge in [0.2, 0.25) is 0 Å². The van der Waals surface area contributed by atoms with E-state index in [1.807, 2.05) is 39.0 Å². The molecule has 0 heterocycles. The highest BCUT2D eigenvalue weighted by molar-refractivity contribution is 5.97. The number of nitrogens with one attached hydrogen (secondary N) is 1. The van der Waals surface area contributed by atoms with Crippen molar-refractivity contribution in [3.05, 3.63) is 23.8 Å². The number of amides is 1. The molecule has 3 rings (SSSR count). The third-order valence-corrected chi connectivity index (χ3v) is 5.28. The number of aryl methyl sites for hydroxylation is 1. The zero-order chi connectivity index (χ0) is 17.2. The van der Waals surface area contributed by atoms with Crippen molar-refractivity contribution in [1.82, 2.24) is 0 Å². The Morgan fingerprint density at radius 1 is 1.25 bits per heavy atom. The Balaban J connectivity index is 1.66. The van der Waals surface area contributed by atoms with Gasteiger partial charge in [0.05, 0.1) is 6.10 Å². The summed E-state index contributed by atoms with van der Waals surface area (Å²) in [6, 6.07) is 5.88. The minimum atomic E-state index is -0.721. The van der Waals surface area contributed by atoms with Crippen molar-refractivity contribution in [2.75, 3.05) is 11.9 Å². The molecular formula is C20H29NO3. The molecule has 1 amide bonds. The van der Waals surface area contributed by atoms with E-state index in [9.17, 15) is 4.79 Å². The summed E-state index contributed by atoms with van der Waals surface area (Å²) < 4.78 is 11.9. The first kappa shape index (κ1) is 17.3. The van der Waals surface area contributed by atoms with E-state index in [1.165, 1.54) is 12.8 Å². The molecule has 0 spiro atoms. The number of rotatable bonds is 7. The SMILES string of the molecule is CCO[C@@](C)(C(=O)Nc1ccc(OC2CCCC2)c(C)c1)C1CC1. The third-order valence-electron chi connectivity index (χ3n) is 5.28. The summed E-state index contributed by atoms with van der Waals surface area (Å²) in [6.45, 7) is 6.43. The van der Waals surface area contributed by atoms with Crippen LogP contribution in [0.4, 0.5) is 5.69 Å². The van der Waals surface area contributed by atoms with Gasteiger partial charge in [0.15, 0.2) is 0 Å². The van der Waals surface area contributed by atoms with E-state index >= 15 is 0 Å². The molecule has 24 heavy (non-hydrogen) atoms. The zero-order valence-electron chi connectivity index (χ0n) is 15.1. The molecule has 2 saturated carbocycles. The first-order valence-corrected chi connectivity index (χ1v) is 9.25. The van der Waals surface area contributed by atoms with Crippen LogP contribution in [0.15, 0.2) is 18.2 Å². The quantitative estimate of drug-likeness (QED) is 0.802. The highest BCUT2D eigenvalue weighted by Crippen LogP contribution is 2.42. The maximum atomic E-state index is 12.7. The van der Waals surface area contributed by atoms with Crippen molar-refractivity contribution >= 4 is 11.6 Å². The maximum absolute atomic E-state index is 12.7. The van der Waals surface area contributed by atoms with Gasteiger partial charge in [-0.05, 0) is 89.0 Å². The van der Waals surface area contributed by atoms with E-state index in [2.05, 4.69) is 5.32 Å². The lowest BCUT2D eigenvalue weighted by atomic mass is 9.98. The lowest BCUT2D eigenvalue weighted by molar-refractivity contribution is -0.141. The summed E-state index contributed by atoms with van der Waals surface area (Å²) in [5.74, 6) is 1.22. The van der Waals surface area contributed by atoms with Gasteiger partial charge < -0.3 is 14.8 Å². The van der Waals surface area contributed by atoms with Crippen LogP contribution in [0.5, 0.6) is 5.75 Å². The van der Waals surface area contributed by atoms with Crippen LogP contribution < -0.4 is 10.1 Å². The van der Waals surface area contributed by atoms with Crippen molar-refractivity contribution in [3.8, 4) is 5.75 Å². The number of carbonyl (C=O) groups is 1. The molecule has 0 saturated heterocycles. The normalized spacial score (nSPS) is 20.6. The molecule has 2 fully saturated rings. The van der Waals surface area contributed by atoms with Gasteiger partial charge in [-0.3, -0.25) is 4.79 Å². The van der Waals surface area contributed by atoms with Crippen LogP contribution in [0.2, 0.25) is 0 Å². The monoisotopic (exact) mass is 331 g/mol. The Kier molecular flexibility index (Phi) is 5.14. The largest absolute Gasteiger partial charge is 0.490 e. The zero-order valence-corrected chi connectivity index (χ0v) is 15.1. The molecule has 132 valence electrons. The Labute approximate surface area is 144 Å². The van der Waals surface area contributed by atoms with Crippen LogP contribution in [0.3, 0.4) is 0 Å². The minimum Gasteiger partial charge on any atom is -0.490 e. The lowest BCUT2D eigenvalue weighted by Gasteiger charge is -2.28. The summed E-state index contributed by atoms with van der Waals surface area (Å²) in [6.07, 6.45) is 7.29. The van der Waals surface area contributed by atoms with Crippen molar-refractivity contribution in [2.45, 2.75) is 71.0 Å². The molecule has 4 nitrogen and oxygen atoms in total. The molecule has 1 aromatic rings. The van der Waals surface area contributed by atoms with Crippen LogP contribution in [0.25, 0.3) is 0 Å². The fourth-order valence-electron chi connectivity index (χ4n) is 3.60. The molecule has 2 aliphatic carbocycles. The fourth-order valence-corrected chi connectivity index (χ4v) is 3.60. The molecule has 0 bridgehead atoms. The number of ether oxygens (including phenoxy) is 2. The number of hydrogen-bond acceptors (Lipinski definition) is 3. The van der Waals surface area contributed by atoms with Crippen LogP contribution in [0.1, 0.15) is 57.9 Å². The minimum absolute atomic E-state index is 0.0456. The van der Waals surface area contributed by atoms with E-state index in [4.69, 9.17) is 9.47 Å². The van der Waals surface area contributed by atoms with Crippen molar-refractivity contribution in [1.29, 1.82) is 0 Å². The molecule has 1 atom stereocenters. The Bertz CT molecular complexity index is 591. The summed E-state index contributed by atoms with van der Waals surface area (Å²) in [5.41, 5.74) is 1.15. The first-order chi connectivity index (χ1) is 11.5. The van der Waals surface area contributed by atoms with Gasteiger partial charge in [0, 0.05) is 12.3 Å². The van der Waals surface area contributed by atoms with E-state index in [0.29, 0.717) is 18.6 Å². The Hall–Kier alpha value is -1.55. The van der Waals surface area contributed by atoms with Crippen LogP contribution in [0, 0.1) is 12.8 Å². The van der Waals surface area contributed by atoms with Crippen molar-refractivity contribution in [2.24, 2.45) is 5.92 Å². The molecule has 0 aliphatic heterocycles. The topological polar surface area (TPSA) is 47.6 Å². The smallest absolute Gasteiger partial charge is 0.256 e. The predicted octanol–water partition coefficient (Wildman–Crippen LogP) is 4.46. The second-order valence-corrected chi connectivity index (χ2v) is 7.27. The Morgan fingerprint density at radius 2 is 1.96 bits per heavy atom. The van der Waals surface area contributed by atoms with Gasteiger partial charge in [0.1, 0.15) is 11.4 Å². The molecule has 0 aromatic heterocycles. The summed E-state index contributed by atoms with van der Waals surface area (Å²) in [5, 5.41) is 3.03. The summed E-state index contributed by atoms with van der Waals surface area (Å²) >= 11 is 0. The van der Waals surface area contributed by atoms with E-state index in [0.717, 1.165) is 42.7 Å². The van der Waals surface area contributed by atoms with E-state index in [-0.39, 0.29) is 5.91 Å².